The topological polar surface area (TPSA) is 142 Å². The highest BCUT2D eigenvalue weighted by Gasteiger charge is 2.50. The van der Waals surface area contributed by atoms with Crippen molar-refractivity contribution in [2.24, 2.45) is 5.73 Å². The van der Waals surface area contributed by atoms with Crippen LogP contribution in [0, 0.1) is 0 Å². The fourth-order valence-electron chi connectivity index (χ4n) is 3.38. The highest BCUT2D eigenvalue weighted by atomic mass is 32.2. The van der Waals surface area contributed by atoms with E-state index in [1.165, 1.54) is 27.0 Å². The van der Waals surface area contributed by atoms with Gasteiger partial charge in [0.25, 0.3) is 11.8 Å². The molecule has 3 rings (SSSR count). The minimum absolute atomic E-state index is 0.0818. The van der Waals surface area contributed by atoms with Gasteiger partial charge in [0.05, 0.1) is 0 Å². The summed E-state index contributed by atoms with van der Waals surface area (Å²) < 4.78 is 4.84. The molecule has 0 aromatic heterocycles. The number of fused-ring (bicyclic) bond motifs is 2. The lowest BCUT2D eigenvalue weighted by molar-refractivity contribution is -0.150. The van der Waals surface area contributed by atoms with Gasteiger partial charge in [-0.1, -0.05) is 18.2 Å². The van der Waals surface area contributed by atoms with Gasteiger partial charge in [-0.05, 0) is 31.9 Å². The van der Waals surface area contributed by atoms with Crippen LogP contribution in [0.3, 0.4) is 0 Å². The molecule has 152 valence electrons. The van der Waals surface area contributed by atoms with Crippen molar-refractivity contribution < 1.29 is 29.1 Å². The maximum absolute atomic E-state index is 13.2. The van der Waals surface area contributed by atoms with Gasteiger partial charge in [-0.25, -0.2) is 15.1 Å². The SMILES string of the molecule is CSC1=C(C(=O)OCC(=O)NO)C(=O)N2C3=C(CCCCC3)SC2N1C(N)=O. The summed E-state index contributed by atoms with van der Waals surface area (Å²) in [5.41, 5.74) is 6.70. The Morgan fingerprint density at radius 2 is 2.04 bits per heavy atom. The van der Waals surface area contributed by atoms with Gasteiger partial charge in [-0.2, -0.15) is 0 Å². The van der Waals surface area contributed by atoms with E-state index in [0.717, 1.165) is 48.0 Å². The second-order valence-electron chi connectivity index (χ2n) is 6.25. The zero-order valence-corrected chi connectivity index (χ0v) is 16.7. The number of thioether (sulfide) groups is 2. The van der Waals surface area contributed by atoms with Gasteiger partial charge in [-0.15, -0.1) is 11.8 Å². The fraction of sp³-hybridized carbons (Fsp3) is 0.500. The molecule has 0 saturated heterocycles. The summed E-state index contributed by atoms with van der Waals surface area (Å²) in [5, 5.41) is 8.62. The van der Waals surface area contributed by atoms with Gasteiger partial charge in [0.2, 0.25) is 0 Å². The Labute approximate surface area is 169 Å². The Bertz CT molecular complexity index is 796. The fourth-order valence-corrected chi connectivity index (χ4v) is 5.70. The van der Waals surface area contributed by atoms with Gasteiger partial charge < -0.3 is 10.5 Å². The van der Waals surface area contributed by atoms with Crippen LogP contribution >= 0.6 is 23.5 Å². The molecule has 3 aliphatic rings. The minimum atomic E-state index is -1.06. The number of primary amides is 1. The summed E-state index contributed by atoms with van der Waals surface area (Å²) >= 11 is 2.42. The van der Waals surface area contributed by atoms with E-state index in [1.807, 2.05) is 0 Å². The van der Waals surface area contributed by atoms with E-state index in [0.29, 0.717) is 6.42 Å². The van der Waals surface area contributed by atoms with Gasteiger partial charge in [0, 0.05) is 10.6 Å². The lowest BCUT2D eigenvalue weighted by atomic mass is 10.1. The Hall–Kier alpha value is -2.18. The number of nitrogens with one attached hydrogen (secondary N) is 1. The third kappa shape index (κ3) is 3.59. The number of hydroxylamine groups is 1. The van der Waals surface area contributed by atoms with Crippen LogP contribution in [0.2, 0.25) is 0 Å². The van der Waals surface area contributed by atoms with Crippen LogP contribution in [-0.2, 0) is 19.1 Å². The number of nitrogens with two attached hydrogens (primary N) is 1. The van der Waals surface area contributed by atoms with Crippen LogP contribution in [0.25, 0.3) is 0 Å². The molecule has 4 amide bonds. The Kier molecular flexibility index (Phi) is 6.20. The molecule has 0 saturated carbocycles. The standard InChI is InChI=1S/C16H20N4O6S2/c1-27-13-11(14(23)26-7-10(21)18-25)12(22)19-8-5-3-2-4-6-9(8)28-16(19)20(13)15(17)24/h16,25H,2-7H2,1H3,(H2,17,24)(H,18,21). The average Bonchev–Trinajstić information content (AvgIpc) is 2.87. The summed E-state index contributed by atoms with van der Waals surface area (Å²) in [5.74, 6) is -2.59. The van der Waals surface area contributed by atoms with E-state index >= 15 is 0 Å². The Balaban J connectivity index is 2.01. The second-order valence-corrected chi connectivity index (χ2v) is 8.20. The van der Waals surface area contributed by atoms with E-state index in [-0.39, 0.29) is 10.6 Å². The van der Waals surface area contributed by atoms with Gasteiger partial charge >= 0.3 is 12.0 Å². The van der Waals surface area contributed by atoms with Crippen molar-refractivity contribution in [1.82, 2.24) is 15.3 Å². The third-order valence-electron chi connectivity index (χ3n) is 4.58. The summed E-state index contributed by atoms with van der Waals surface area (Å²) in [6, 6.07) is -0.796. The third-order valence-corrected chi connectivity index (χ3v) is 6.72. The number of carbonyl (C=O) groups excluding carboxylic acids is 4. The number of urea groups is 1. The van der Waals surface area contributed by atoms with Gasteiger partial charge in [-0.3, -0.25) is 24.6 Å². The molecule has 2 aliphatic heterocycles. The first-order chi connectivity index (χ1) is 13.4. The Morgan fingerprint density at radius 1 is 1.32 bits per heavy atom. The van der Waals surface area contributed by atoms with Crippen LogP contribution in [0.4, 0.5) is 4.79 Å². The zero-order valence-electron chi connectivity index (χ0n) is 15.1. The molecule has 4 N–H and O–H groups in total. The van der Waals surface area contributed by atoms with E-state index in [4.69, 9.17) is 15.7 Å². The molecule has 10 nitrogen and oxygen atoms in total. The van der Waals surface area contributed by atoms with Crippen molar-refractivity contribution in [1.29, 1.82) is 0 Å². The molecule has 1 atom stereocenters. The predicted octanol–water partition coefficient (Wildman–Crippen LogP) is 1.04. The monoisotopic (exact) mass is 428 g/mol. The van der Waals surface area contributed by atoms with Crippen LogP contribution in [0.15, 0.2) is 21.2 Å². The molecule has 28 heavy (non-hydrogen) atoms. The summed E-state index contributed by atoms with van der Waals surface area (Å²) in [4.78, 5) is 52.9. The molecule has 1 aliphatic carbocycles. The van der Waals surface area contributed by atoms with Gasteiger partial charge in [0.1, 0.15) is 5.03 Å². The molecule has 0 aromatic carbocycles. The van der Waals surface area contributed by atoms with Crippen molar-refractivity contribution in [2.75, 3.05) is 12.9 Å². The lowest BCUT2D eigenvalue weighted by Gasteiger charge is -2.40. The van der Waals surface area contributed by atoms with Crippen LogP contribution < -0.4 is 11.2 Å². The van der Waals surface area contributed by atoms with E-state index in [2.05, 4.69) is 0 Å². The molecule has 12 heteroatoms. The molecule has 0 spiro atoms. The number of hydrogen-bond donors (Lipinski definition) is 3. The van der Waals surface area contributed by atoms with Crippen LogP contribution in [0.1, 0.15) is 32.1 Å². The number of allylic oxidation sites excluding steroid dienone is 2. The van der Waals surface area contributed by atoms with E-state index in [9.17, 15) is 19.2 Å². The first-order valence-electron chi connectivity index (χ1n) is 8.60. The summed E-state index contributed by atoms with van der Waals surface area (Å²) in [6.45, 7) is -0.767. The molecule has 0 fully saturated rings. The van der Waals surface area contributed by atoms with Gasteiger partial charge in [0.15, 0.2) is 17.7 Å². The zero-order chi connectivity index (χ0) is 20.4. The summed E-state index contributed by atoms with van der Waals surface area (Å²) in [6.07, 6.45) is 6.02. The maximum atomic E-state index is 13.2. The molecule has 2 heterocycles. The smallest absolute Gasteiger partial charge is 0.347 e. The number of rotatable bonds is 4. The van der Waals surface area contributed by atoms with Crippen molar-refractivity contribution in [3.05, 3.63) is 21.2 Å². The maximum Gasteiger partial charge on any atom is 0.347 e. The number of esters is 1. The molecular formula is C16H20N4O6S2. The van der Waals surface area contributed by atoms with E-state index < -0.39 is 35.9 Å². The molecule has 0 bridgehead atoms. The molecule has 0 radical (unpaired) electrons. The second kappa shape index (κ2) is 8.45. The largest absolute Gasteiger partial charge is 0.452 e. The number of amides is 4. The van der Waals surface area contributed by atoms with Crippen molar-refractivity contribution in [3.63, 3.8) is 0 Å². The number of ether oxygens (including phenoxy) is 1. The quantitative estimate of drug-likeness (QED) is 0.261. The molecular weight excluding hydrogens is 408 g/mol. The highest BCUT2D eigenvalue weighted by Crippen LogP contribution is 2.50. The van der Waals surface area contributed by atoms with Crippen molar-refractivity contribution >= 4 is 47.3 Å². The van der Waals surface area contributed by atoms with Crippen molar-refractivity contribution in [2.45, 2.75) is 37.6 Å². The molecule has 0 aromatic rings. The van der Waals surface area contributed by atoms with E-state index in [1.54, 1.807) is 6.26 Å². The van der Waals surface area contributed by atoms with Crippen LogP contribution in [-0.4, -0.2) is 57.2 Å². The predicted molar refractivity (Wildman–Crippen MR) is 101 cm³/mol. The number of nitrogens with zero attached hydrogens (tertiary/aromatic N) is 2. The lowest BCUT2D eigenvalue weighted by Crippen LogP contribution is -2.55. The summed E-state index contributed by atoms with van der Waals surface area (Å²) in [7, 11) is 0. The highest BCUT2D eigenvalue weighted by molar-refractivity contribution is 8.04. The van der Waals surface area contributed by atoms with Crippen molar-refractivity contribution in [3.8, 4) is 0 Å². The first-order valence-corrected chi connectivity index (χ1v) is 10.7. The van der Waals surface area contributed by atoms with Crippen LogP contribution in [0.5, 0.6) is 0 Å². The number of hydrogen-bond acceptors (Lipinski definition) is 8. The average molecular weight is 428 g/mol. The molecule has 1 unspecified atom stereocenters. The Morgan fingerprint density at radius 3 is 2.68 bits per heavy atom. The minimum Gasteiger partial charge on any atom is -0.452 e. The first kappa shape index (κ1) is 20.6. The normalized spacial score (nSPS) is 21.9. The number of carbonyl (C=O) groups is 4.